The van der Waals surface area contributed by atoms with Crippen LogP contribution in [-0.4, -0.2) is 26.9 Å². The van der Waals surface area contributed by atoms with Gasteiger partial charge in [-0.05, 0) is 35.7 Å². The quantitative estimate of drug-likeness (QED) is 0.480. The molecule has 0 radical (unpaired) electrons. The maximum absolute atomic E-state index is 14.2. The van der Waals surface area contributed by atoms with Gasteiger partial charge >= 0.3 is 0 Å². The second-order valence-corrected chi connectivity index (χ2v) is 8.11. The molecule has 2 aromatic carbocycles. The lowest BCUT2D eigenvalue weighted by Gasteiger charge is -2.25. The van der Waals surface area contributed by atoms with Gasteiger partial charge in [0, 0.05) is 29.0 Å². The Morgan fingerprint density at radius 1 is 1.21 bits per heavy atom. The minimum atomic E-state index is -0.525. The molecule has 0 aliphatic carbocycles. The van der Waals surface area contributed by atoms with Crippen molar-refractivity contribution in [3.8, 4) is 0 Å². The van der Waals surface area contributed by atoms with E-state index in [0.29, 0.717) is 29.0 Å². The normalized spacial score (nSPS) is 11.1. The van der Waals surface area contributed by atoms with Crippen molar-refractivity contribution in [3.63, 3.8) is 0 Å². The van der Waals surface area contributed by atoms with E-state index in [0.717, 1.165) is 5.56 Å². The van der Waals surface area contributed by atoms with Crippen LogP contribution in [0.25, 0.3) is 0 Å². The van der Waals surface area contributed by atoms with E-state index in [1.54, 1.807) is 35.4 Å². The van der Waals surface area contributed by atoms with Crippen LogP contribution in [0.15, 0.2) is 54.9 Å². The zero-order valence-electron chi connectivity index (χ0n) is 16.3. The van der Waals surface area contributed by atoms with Crippen LogP contribution >= 0.6 is 23.2 Å². The summed E-state index contributed by atoms with van der Waals surface area (Å²) >= 11 is 12.3. The van der Waals surface area contributed by atoms with Crippen molar-refractivity contribution in [2.45, 2.75) is 26.9 Å². The molecule has 3 rings (SSSR count). The first kappa shape index (κ1) is 21.3. The molecule has 1 amide bonds. The minimum absolute atomic E-state index is 0.0620. The summed E-state index contributed by atoms with van der Waals surface area (Å²) in [4.78, 5) is 19.0. The Labute approximate surface area is 179 Å². The minimum Gasteiger partial charge on any atom is -0.331 e. The molecular weight excluding hydrogens is 412 g/mol. The van der Waals surface area contributed by atoms with Crippen molar-refractivity contribution < 1.29 is 9.18 Å². The number of amides is 1. The molecule has 1 heterocycles. The smallest absolute Gasteiger partial charge is 0.257 e. The molecular formula is C22H22Cl2FN3O. The highest BCUT2D eigenvalue weighted by molar-refractivity contribution is 6.35. The van der Waals surface area contributed by atoms with Gasteiger partial charge in [-0.25, -0.2) is 9.37 Å². The molecule has 1 aromatic heterocycles. The first-order valence-electron chi connectivity index (χ1n) is 9.33. The lowest BCUT2D eigenvalue weighted by Crippen LogP contribution is -2.35. The number of halogens is 3. The molecule has 29 heavy (non-hydrogen) atoms. The number of hydrogen-bond acceptors (Lipinski definition) is 2. The fraction of sp³-hybridized carbons (Fsp3) is 0.273. The van der Waals surface area contributed by atoms with E-state index >= 15 is 0 Å². The molecule has 0 spiro atoms. The summed E-state index contributed by atoms with van der Waals surface area (Å²) in [7, 11) is 0. The van der Waals surface area contributed by atoms with E-state index < -0.39 is 5.82 Å². The zero-order valence-corrected chi connectivity index (χ0v) is 17.8. The van der Waals surface area contributed by atoms with E-state index in [9.17, 15) is 9.18 Å². The van der Waals surface area contributed by atoms with Crippen LogP contribution in [0.3, 0.4) is 0 Å². The van der Waals surface area contributed by atoms with Gasteiger partial charge in [-0.1, -0.05) is 55.2 Å². The van der Waals surface area contributed by atoms with E-state index in [2.05, 4.69) is 4.98 Å². The third kappa shape index (κ3) is 5.37. The summed E-state index contributed by atoms with van der Waals surface area (Å²) in [6, 6.07) is 11.4. The van der Waals surface area contributed by atoms with Crippen LogP contribution in [0.1, 0.15) is 35.6 Å². The number of imidazole rings is 1. The molecule has 3 aromatic rings. The Morgan fingerprint density at radius 2 is 1.97 bits per heavy atom. The fourth-order valence-corrected chi connectivity index (χ4v) is 3.57. The Balaban J connectivity index is 1.85. The van der Waals surface area contributed by atoms with Crippen molar-refractivity contribution >= 4 is 29.1 Å². The monoisotopic (exact) mass is 433 g/mol. The Morgan fingerprint density at radius 3 is 2.66 bits per heavy atom. The summed E-state index contributed by atoms with van der Waals surface area (Å²) in [5.74, 6) is 0.0413. The maximum Gasteiger partial charge on any atom is 0.257 e. The highest BCUT2D eigenvalue weighted by atomic mass is 35.5. The van der Waals surface area contributed by atoms with Crippen molar-refractivity contribution in [1.29, 1.82) is 0 Å². The molecule has 0 atom stereocenters. The average molecular weight is 434 g/mol. The van der Waals surface area contributed by atoms with Crippen molar-refractivity contribution in [3.05, 3.63) is 87.7 Å². The summed E-state index contributed by atoms with van der Waals surface area (Å²) < 4.78 is 16.1. The molecule has 4 nitrogen and oxygen atoms in total. The third-order valence-electron chi connectivity index (χ3n) is 4.47. The highest BCUT2D eigenvalue weighted by Crippen LogP contribution is 2.22. The van der Waals surface area contributed by atoms with Crippen LogP contribution in [0.5, 0.6) is 0 Å². The molecule has 152 valence electrons. The predicted octanol–water partition coefficient (Wildman–Crippen LogP) is 5.68. The lowest BCUT2D eigenvalue weighted by atomic mass is 10.1. The predicted molar refractivity (Wildman–Crippen MR) is 114 cm³/mol. The van der Waals surface area contributed by atoms with Gasteiger partial charge in [-0.3, -0.25) is 4.79 Å². The van der Waals surface area contributed by atoms with Crippen LogP contribution in [0.4, 0.5) is 4.39 Å². The molecule has 0 fully saturated rings. The van der Waals surface area contributed by atoms with Crippen molar-refractivity contribution in [1.82, 2.24) is 14.5 Å². The molecule has 0 saturated heterocycles. The van der Waals surface area contributed by atoms with E-state index in [4.69, 9.17) is 23.2 Å². The molecule has 0 saturated carbocycles. The number of aromatic nitrogens is 2. The van der Waals surface area contributed by atoms with Gasteiger partial charge in [-0.2, -0.15) is 0 Å². The van der Waals surface area contributed by atoms with Crippen LogP contribution in [-0.2, 0) is 13.1 Å². The van der Waals surface area contributed by atoms with Gasteiger partial charge in [0.15, 0.2) is 0 Å². The van der Waals surface area contributed by atoms with Gasteiger partial charge in [0.1, 0.15) is 11.6 Å². The van der Waals surface area contributed by atoms with Gasteiger partial charge in [0.2, 0.25) is 0 Å². The molecule has 0 unspecified atom stereocenters. The summed E-state index contributed by atoms with van der Waals surface area (Å²) in [5, 5.41) is 1.14. The number of carbonyl (C=O) groups is 1. The second kappa shape index (κ2) is 9.42. The number of carbonyl (C=O) groups excluding carboxylic acids is 1. The van der Waals surface area contributed by atoms with Gasteiger partial charge in [0.05, 0.1) is 18.7 Å². The van der Waals surface area contributed by atoms with Crippen molar-refractivity contribution in [2.24, 2.45) is 5.92 Å². The Kier molecular flexibility index (Phi) is 6.93. The van der Waals surface area contributed by atoms with E-state index in [1.807, 2.05) is 30.7 Å². The largest absolute Gasteiger partial charge is 0.331 e. The van der Waals surface area contributed by atoms with Gasteiger partial charge in [-0.15, -0.1) is 0 Å². The Hall–Kier alpha value is -2.37. The topological polar surface area (TPSA) is 38.1 Å². The second-order valence-electron chi connectivity index (χ2n) is 7.27. The lowest BCUT2D eigenvalue weighted by molar-refractivity contribution is 0.0711. The number of nitrogens with zero attached hydrogens (tertiary/aromatic N) is 3. The standard InChI is InChI=1S/C22H22Cl2FN3O/c1-15(2)12-28(22(29)18-5-3-4-6-20(18)25)14-21-26-9-10-27(21)13-16-7-8-17(23)11-19(16)24/h3-11,15H,12-14H2,1-2H3. The van der Waals surface area contributed by atoms with Crippen LogP contribution < -0.4 is 0 Å². The van der Waals surface area contributed by atoms with Crippen molar-refractivity contribution in [2.75, 3.05) is 6.54 Å². The third-order valence-corrected chi connectivity index (χ3v) is 5.05. The SMILES string of the molecule is CC(C)CN(Cc1nccn1Cc1ccc(Cl)cc1Cl)C(=O)c1ccccc1F. The summed E-state index contributed by atoms with van der Waals surface area (Å²) in [6.07, 6.45) is 3.52. The first-order valence-corrected chi connectivity index (χ1v) is 10.1. The molecule has 0 aliphatic heterocycles. The Bertz CT molecular complexity index is 1000. The fourth-order valence-electron chi connectivity index (χ4n) is 3.10. The van der Waals surface area contributed by atoms with Gasteiger partial charge in [0.25, 0.3) is 5.91 Å². The highest BCUT2D eigenvalue weighted by Gasteiger charge is 2.22. The first-order chi connectivity index (χ1) is 13.8. The molecule has 0 N–H and O–H groups in total. The number of rotatable bonds is 7. The van der Waals surface area contributed by atoms with Crippen LogP contribution in [0, 0.1) is 11.7 Å². The number of hydrogen-bond donors (Lipinski definition) is 0. The molecule has 7 heteroatoms. The van der Waals surface area contributed by atoms with E-state index in [1.165, 1.54) is 12.1 Å². The zero-order chi connectivity index (χ0) is 21.0. The number of benzene rings is 2. The summed E-state index contributed by atoms with van der Waals surface area (Å²) in [5.41, 5.74) is 0.957. The average Bonchev–Trinajstić information content (AvgIpc) is 3.10. The van der Waals surface area contributed by atoms with E-state index in [-0.39, 0.29) is 23.9 Å². The molecule has 0 bridgehead atoms. The maximum atomic E-state index is 14.2. The molecule has 0 aliphatic rings. The summed E-state index contributed by atoms with van der Waals surface area (Å²) in [6.45, 7) is 5.28. The van der Waals surface area contributed by atoms with Gasteiger partial charge < -0.3 is 9.47 Å². The van der Waals surface area contributed by atoms with Crippen LogP contribution in [0.2, 0.25) is 10.0 Å².